The van der Waals surface area contributed by atoms with E-state index in [0.717, 1.165) is 11.1 Å². The molecule has 1 aliphatic rings. The zero-order chi connectivity index (χ0) is 21.3. The average molecular weight is 420 g/mol. The van der Waals surface area contributed by atoms with Crippen molar-refractivity contribution in [2.45, 2.75) is 19.9 Å². The SMILES string of the molecule is CCOc1ccc(C(O)=C2C(=O)C(=O)N(c3nccs3)[C@H]2c2ccc(C)cc2)cc1. The molecule has 6 nitrogen and oxygen atoms in total. The van der Waals surface area contributed by atoms with Gasteiger partial charge in [-0.05, 0) is 43.7 Å². The molecule has 1 aliphatic heterocycles. The summed E-state index contributed by atoms with van der Waals surface area (Å²) >= 11 is 1.27. The first-order valence-electron chi connectivity index (χ1n) is 9.51. The summed E-state index contributed by atoms with van der Waals surface area (Å²) in [5, 5.41) is 13.2. The number of aliphatic hydroxyl groups excluding tert-OH is 1. The first kappa shape index (κ1) is 19.8. The summed E-state index contributed by atoms with van der Waals surface area (Å²) in [7, 11) is 0. The lowest BCUT2D eigenvalue weighted by atomic mass is 9.95. The summed E-state index contributed by atoms with van der Waals surface area (Å²) in [4.78, 5) is 31.5. The van der Waals surface area contributed by atoms with Crippen molar-refractivity contribution >= 4 is 33.9 Å². The number of nitrogens with zero attached hydrogens (tertiary/aromatic N) is 2. The molecule has 1 saturated heterocycles. The number of aliphatic hydroxyl groups is 1. The van der Waals surface area contributed by atoms with Crippen LogP contribution in [0, 0.1) is 6.92 Å². The van der Waals surface area contributed by atoms with Crippen LogP contribution in [0.5, 0.6) is 5.75 Å². The standard InChI is InChI=1S/C23H20N2O4S/c1-3-29-17-10-8-16(9-11-17)20(26)18-19(15-6-4-14(2)5-7-15)25(22(28)21(18)27)23-24-12-13-30-23/h4-13,19,26H,3H2,1-2H3/t19-/m0/s1. The van der Waals surface area contributed by atoms with Gasteiger partial charge in [0.25, 0.3) is 5.78 Å². The van der Waals surface area contributed by atoms with Crippen molar-refractivity contribution < 1.29 is 19.4 Å². The fraction of sp³-hybridized carbons (Fsp3) is 0.174. The molecule has 2 aromatic carbocycles. The molecular formula is C23H20N2O4S. The van der Waals surface area contributed by atoms with E-state index >= 15 is 0 Å². The maximum atomic E-state index is 13.0. The lowest BCUT2D eigenvalue weighted by Gasteiger charge is -2.23. The van der Waals surface area contributed by atoms with Crippen molar-refractivity contribution in [2.24, 2.45) is 0 Å². The van der Waals surface area contributed by atoms with Crippen LogP contribution in [0.25, 0.3) is 5.76 Å². The Bertz CT molecular complexity index is 1100. The summed E-state index contributed by atoms with van der Waals surface area (Å²) in [6.45, 7) is 4.37. The molecule has 0 saturated carbocycles. The van der Waals surface area contributed by atoms with Crippen LogP contribution in [0.4, 0.5) is 5.13 Å². The van der Waals surface area contributed by atoms with Gasteiger partial charge in [0.05, 0.1) is 18.2 Å². The number of aromatic nitrogens is 1. The molecule has 0 radical (unpaired) electrons. The monoisotopic (exact) mass is 420 g/mol. The number of anilines is 1. The number of aryl methyl sites for hydroxylation is 1. The van der Waals surface area contributed by atoms with Gasteiger partial charge in [0.2, 0.25) is 0 Å². The Kier molecular flexibility index (Phi) is 5.37. The molecule has 152 valence electrons. The van der Waals surface area contributed by atoms with Gasteiger partial charge < -0.3 is 9.84 Å². The smallest absolute Gasteiger partial charge is 0.301 e. The van der Waals surface area contributed by atoms with Crippen molar-refractivity contribution in [1.29, 1.82) is 0 Å². The van der Waals surface area contributed by atoms with E-state index in [1.807, 2.05) is 38.1 Å². The Balaban J connectivity index is 1.86. The van der Waals surface area contributed by atoms with E-state index in [1.165, 1.54) is 16.2 Å². The number of ether oxygens (including phenoxy) is 1. The second-order valence-electron chi connectivity index (χ2n) is 6.85. The fourth-order valence-electron chi connectivity index (χ4n) is 3.46. The second kappa shape index (κ2) is 8.12. The normalized spacial score (nSPS) is 18.1. The number of Topliss-reactive ketones (excluding diaryl/α,β-unsaturated/α-hetero) is 1. The van der Waals surface area contributed by atoms with Crippen LogP contribution in [0.15, 0.2) is 65.7 Å². The molecule has 1 amide bonds. The first-order chi connectivity index (χ1) is 14.5. The minimum absolute atomic E-state index is 0.0446. The molecule has 0 bridgehead atoms. The Labute approximate surface area is 178 Å². The molecule has 1 N–H and O–H groups in total. The lowest BCUT2D eigenvalue weighted by molar-refractivity contribution is -0.132. The van der Waals surface area contributed by atoms with E-state index in [2.05, 4.69) is 4.98 Å². The summed E-state index contributed by atoms with van der Waals surface area (Å²) in [5.41, 5.74) is 2.26. The predicted molar refractivity (Wildman–Crippen MR) is 116 cm³/mol. The van der Waals surface area contributed by atoms with E-state index in [9.17, 15) is 14.7 Å². The Hall–Kier alpha value is -3.45. The summed E-state index contributed by atoms with van der Waals surface area (Å²) in [6.07, 6.45) is 1.58. The van der Waals surface area contributed by atoms with Crippen LogP contribution >= 0.6 is 11.3 Å². The molecule has 0 spiro atoms. The molecule has 0 aliphatic carbocycles. The molecule has 1 fully saturated rings. The van der Waals surface area contributed by atoms with Crippen molar-refractivity contribution in [3.8, 4) is 5.75 Å². The third kappa shape index (κ3) is 3.48. The molecule has 2 heterocycles. The maximum Gasteiger partial charge on any atom is 0.301 e. The molecule has 3 aromatic rings. The number of carbonyl (C=O) groups excluding carboxylic acids is 2. The largest absolute Gasteiger partial charge is 0.507 e. The minimum atomic E-state index is -0.761. The van der Waals surface area contributed by atoms with Gasteiger partial charge in [0.15, 0.2) is 5.13 Å². The van der Waals surface area contributed by atoms with E-state index < -0.39 is 17.7 Å². The highest BCUT2D eigenvalue weighted by Gasteiger charge is 2.47. The van der Waals surface area contributed by atoms with E-state index in [4.69, 9.17) is 4.74 Å². The van der Waals surface area contributed by atoms with Crippen molar-refractivity contribution in [2.75, 3.05) is 11.5 Å². The van der Waals surface area contributed by atoms with Crippen molar-refractivity contribution in [3.05, 3.63) is 82.4 Å². The number of hydrogen-bond donors (Lipinski definition) is 1. The molecule has 30 heavy (non-hydrogen) atoms. The van der Waals surface area contributed by atoms with Crippen LogP contribution in [0.2, 0.25) is 0 Å². The van der Waals surface area contributed by atoms with E-state index in [-0.39, 0.29) is 11.3 Å². The van der Waals surface area contributed by atoms with Gasteiger partial charge in [0.1, 0.15) is 11.5 Å². The van der Waals surface area contributed by atoms with Crippen LogP contribution in [0.3, 0.4) is 0 Å². The summed E-state index contributed by atoms with van der Waals surface area (Å²) < 4.78 is 5.44. The number of carbonyl (C=O) groups is 2. The summed E-state index contributed by atoms with van der Waals surface area (Å²) in [5.74, 6) is -1.00. The molecular weight excluding hydrogens is 400 g/mol. The number of rotatable bonds is 5. The molecule has 7 heteroatoms. The van der Waals surface area contributed by atoms with E-state index in [1.54, 1.807) is 35.8 Å². The highest BCUT2D eigenvalue weighted by Crippen LogP contribution is 2.42. The summed E-state index contributed by atoms with van der Waals surface area (Å²) in [6, 6.07) is 13.6. The topological polar surface area (TPSA) is 79.7 Å². The number of thiazole rings is 1. The van der Waals surface area contributed by atoms with Gasteiger partial charge in [0, 0.05) is 17.1 Å². The van der Waals surface area contributed by atoms with Crippen molar-refractivity contribution in [3.63, 3.8) is 0 Å². The van der Waals surface area contributed by atoms with Gasteiger partial charge in [-0.3, -0.25) is 14.5 Å². The van der Waals surface area contributed by atoms with Crippen LogP contribution in [-0.2, 0) is 9.59 Å². The zero-order valence-electron chi connectivity index (χ0n) is 16.5. The Morgan fingerprint density at radius 1 is 1.13 bits per heavy atom. The molecule has 4 rings (SSSR count). The maximum absolute atomic E-state index is 13.0. The van der Waals surface area contributed by atoms with Gasteiger partial charge >= 0.3 is 5.91 Å². The highest BCUT2D eigenvalue weighted by molar-refractivity contribution is 7.14. The first-order valence-corrected chi connectivity index (χ1v) is 10.4. The number of benzene rings is 2. The highest BCUT2D eigenvalue weighted by atomic mass is 32.1. The third-order valence-corrected chi connectivity index (χ3v) is 5.67. The number of hydrogen-bond acceptors (Lipinski definition) is 6. The van der Waals surface area contributed by atoms with Crippen LogP contribution in [0.1, 0.15) is 29.7 Å². The molecule has 0 unspecified atom stereocenters. The number of ketones is 1. The lowest BCUT2D eigenvalue weighted by Crippen LogP contribution is -2.29. The predicted octanol–water partition coefficient (Wildman–Crippen LogP) is 4.48. The Morgan fingerprint density at radius 3 is 2.43 bits per heavy atom. The Morgan fingerprint density at radius 2 is 1.83 bits per heavy atom. The van der Waals surface area contributed by atoms with Gasteiger partial charge in [-0.2, -0.15) is 0 Å². The minimum Gasteiger partial charge on any atom is -0.507 e. The van der Waals surface area contributed by atoms with Crippen LogP contribution < -0.4 is 9.64 Å². The van der Waals surface area contributed by atoms with E-state index in [0.29, 0.717) is 23.1 Å². The third-order valence-electron chi connectivity index (χ3n) is 4.90. The average Bonchev–Trinajstić information content (AvgIpc) is 3.36. The quantitative estimate of drug-likeness (QED) is 0.374. The van der Waals surface area contributed by atoms with Gasteiger partial charge in [-0.25, -0.2) is 4.98 Å². The fourth-order valence-corrected chi connectivity index (χ4v) is 4.13. The molecule has 1 aromatic heterocycles. The van der Waals surface area contributed by atoms with Crippen LogP contribution in [-0.4, -0.2) is 28.4 Å². The second-order valence-corrected chi connectivity index (χ2v) is 7.72. The number of amides is 1. The molecule has 1 atom stereocenters. The van der Waals surface area contributed by atoms with Gasteiger partial charge in [-0.15, -0.1) is 11.3 Å². The zero-order valence-corrected chi connectivity index (χ0v) is 17.3. The van der Waals surface area contributed by atoms with Crippen molar-refractivity contribution in [1.82, 2.24) is 4.98 Å². The van der Waals surface area contributed by atoms with Gasteiger partial charge in [-0.1, -0.05) is 29.8 Å².